The smallest absolute Gasteiger partial charge is 0.349 e. The number of rotatable bonds is 2. The highest BCUT2D eigenvalue weighted by Crippen LogP contribution is 1.85. The highest BCUT2D eigenvalue weighted by atomic mass is 16.7. The molecule has 0 bridgehead atoms. The van der Waals surface area contributed by atoms with E-state index in [2.05, 4.69) is 17.2 Å². The van der Waals surface area contributed by atoms with Crippen LogP contribution in [0.4, 0.5) is 4.79 Å². The minimum atomic E-state index is -1.04. The Hall–Kier alpha value is -1.85. The molecule has 0 heterocycles. The first-order chi connectivity index (χ1) is 5.07. The van der Waals surface area contributed by atoms with Crippen molar-refractivity contribution in [3.05, 3.63) is 12.2 Å². The second-order valence-electron chi connectivity index (χ2n) is 1.50. The Morgan fingerprint density at radius 3 is 2.45 bits per heavy atom. The number of hydrogen-bond acceptors (Lipinski definition) is 4. The normalized spacial score (nSPS) is 8.00. The number of hydroxylamine groups is 1. The molecule has 11 heavy (non-hydrogen) atoms. The summed E-state index contributed by atoms with van der Waals surface area (Å²) in [6.45, 7) is 3.02. The minimum Gasteiger partial charge on any atom is -0.349 e. The number of carbonyl (C=O) groups is 3. The van der Waals surface area contributed by atoms with Gasteiger partial charge >= 0.3 is 12.0 Å². The molecule has 0 aliphatic rings. The zero-order chi connectivity index (χ0) is 8.85. The summed E-state index contributed by atoms with van der Waals surface area (Å²) in [5.41, 5.74) is 5.66. The lowest BCUT2D eigenvalue weighted by Crippen LogP contribution is -2.32. The first kappa shape index (κ1) is 9.15. The fourth-order valence-corrected chi connectivity index (χ4v) is 0.210. The van der Waals surface area contributed by atoms with E-state index < -0.39 is 17.6 Å². The van der Waals surface area contributed by atoms with Gasteiger partial charge in [-0.25, -0.2) is 9.59 Å². The molecule has 0 saturated heterocycles. The van der Waals surface area contributed by atoms with Crippen LogP contribution in [0.2, 0.25) is 0 Å². The highest BCUT2D eigenvalue weighted by Gasteiger charge is 2.07. The van der Waals surface area contributed by atoms with Crippen LogP contribution in [0.15, 0.2) is 12.2 Å². The van der Waals surface area contributed by atoms with Gasteiger partial charge in [0.2, 0.25) is 0 Å². The van der Waals surface area contributed by atoms with Crippen molar-refractivity contribution in [2.45, 2.75) is 0 Å². The molecule has 0 fully saturated rings. The Balaban J connectivity index is 3.79. The van der Waals surface area contributed by atoms with Crippen LogP contribution in [-0.4, -0.2) is 18.3 Å². The van der Waals surface area contributed by atoms with Crippen LogP contribution in [0.25, 0.3) is 0 Å². The lowest BCUT2D eigenvalue weighted by molar-refractivity contribution is -0.144. The monoisotopic (exact) mass is 158 g/mol. The summed E-state index contributed by atoms with van der Waals surface area (Å²) in [6, 6.07) is -1.03. The minimum absolute atomic E-state index is 0.199. The van der Waals surface area contributed by atoms with Gasteiger partial charge in [0.25, 0.3) is 0 Å². The molecule has 0 aliphatic carbocycles. The second-order valence-corrected chi connectivity index (χ2v) is 1.50. The number of aldehydes is 1. The van der Waals surface area contributed by atoms with Gasteiger partial charge in [-0.2, -0.15) is 5.48 Å². The van der Waals surface area contributed by atoms with Crippen molar-refractivity contribution in [2.75, 3.05) is 0 Å². The molecule has 0 atom stereocenters. The largest absolute Gasteiger partial charge is 0.365 e. The molecule has 3 N–H and O–H groups in total. The number of hydrogen-bond donors (Lipinski definition) is 2. The van der Waals surface area contributed by atoms with E-state index in [0.717, 1.165) is 0 Å². The first-order valence-electron chi connectivity index (χ1n) is 2.48. The third-order valence-corrected chi connectivity index (χ3v) is 0.649. The van der Waals surface area contributed by atoms with Gasteiger partial charge in [0.15, 0.2) is 6.29 Å². The number of urea groups is 1. The Labute approximate surface area is 62.0 Å². The second kappa shape index (κ2) is 4.04. The molecule has 2 amide bonds. The van der Waals surface area contributed by atoms with E-state index in [1.165, 1.54) is 5.48 Å². The molecule has 0 saturated carbocycles. The van der Waals surface area contributed by atoms with E-state index in [-0.39, 0.29) is 6.29 Å². The Bertz CT molecular complexity index is 211. The van der Waals surface area contributed by atoms with E-state index in [1.54, 1.807) is 0 Å². The number of nitrogens with one attached hydrogen (secondary N) is 1. The predicted molar refractivity (Wildman–Crippen MR) is 34.0 cm³/mol. The van der Waals surface area contributed by atoms with Gasteiger partial charge in [0.1, 0.15) is 0 Å². The fraction of sp³-hybridized carbons (Fsp3) is 0. The molecule has 0 unspecified atom stereocenters. The maximum absolute atomic E-state index is 10.5. The van der Waals surface area contributed by atoms with Crippen LogP contribution in [-0.2, 0) is 14.4 Å². The summed E-state index contributed by atoms with van der Waals surface area (Å²) in [7, 11) is 0. The number of amides is 2. The van der Waals surface area contributed by atoms with Crippen LogP contribution in [0.1, 0.15) is 0 Å². The van der Waals surface area contributed by atoms with Crippen LogP contribution < -0.4 is 11.2 Å². The van der Waals surface area contributed by atoms with E-state index in [9.17, 15) is 14.4 Å². The van der Waals surface area contributed by atoms with Gasteiger partial charge in [-0.3, -0.25) is 4.79 Å². The lowest BCUT2D eigenvalue weighted by Gasteiger charge is -1.99. The van der Waals surface area contributed by atoms with Crippen molar-refractivity contribution in [2.24, 2.45) is 5.73 Å². The van der Waals surface area contributed by atoms with E-state index in [0.29, 0.717) is 0 Å². The molecule has 0 aliphatic heterocycles. The van der Waals surface area contributed by atoms with Gasteiger partial charge in [0, 0.05) is 0 Å². The quantitative estimate of drug-likeness (QED) is 0.174. The molecule has 0 aromatic carbocycles. The number of carbonyl (C=O) groups excluding carboxylic acids is 3. The van der Waals surface area contributed by atoms with Gasteiger partial charge in [-0.05, 0) is 0 Å². The average molecular weight is 158 g/mol. The lowest BCUT2D eigenvalue weighted by atomic mass is 10.4. The third-order valence-electron chi connectivity index (χ3n) is 0.649. The van der Waals surface area contributed by atoms with Gasteiger partial charge in [0.05, 0.1) is 5.57 Å². The fourth-order valence-electron chi connectivity index (χ4n) is 0.210. The predicted octanol–water partition coefficient (Wildman–Crippen LogP) is -1.13. The van der Waals surface area contributed by atoms with Crippen molar-refractivity contribution >= 4 is 18.3 Å². The van der Waals surface area contributed by atoms with E-state index in [1.807, 2.05) is 0 Å². The first-order valence-corrected chi connectivity index (χ1v) is 2.48. The Morgan fingerprint density at radius 2 is 2.09 bits per heavy atom. The molecular weight excluding hydrogens is 152 g/mol. The van der Waals surface area contributed by atoms with Crippen molar-refractivity contribution in [3.63, 3.8) is 0 Å². The molecule has 0 spiro atoms. The molecule has 6 heteroatoms. The molecule has 0 rings (SSSR count). The van der Waals surface area contributed by atoms with Crippen molar-refractivity contribution in [3.8, 4) is 0 Å². The van der Waals surface area contributed by atoms with Crippen LogP contribution in [0, 0.1) is 0 Å². The maximum Gasteiger partial charge on any atom is 0.365 e. The van der Waals surface area contributed by atoms with Gasteiger partial charge < -0.3 is 10.6 Å². The molecule has 60 valence electrons. The standard InChI is InChI=1S/C5H6N2O4/c1-3(2-8)4(9)11-7-5(6)10/h2H,1H2,(H3,6,7,10). The molecule has 0 radical (unpaired) electrons. The van der Waals surface area contributed by atoms with Crippen LogP contribution in [0.5, 0.6) is 0 Å². The topological polar surface area (TPSA) is 98.5 Å². The summed E-state index contributed by atoms with van der Waals surface area (Å²) in [5.74, 6) is -1.04. The average Bonchev–Trinajstić information content (AvgIpc) is 1.98. The summed E-state index contributed by atoms with van der Waals surface area (Å²) in [4.78, 5) is 34.2. The van der Waals surface area contributed by atoms with E-state index in [4.69, 9.17) is 0 Å². The molecular formula is C5H6N2O4. The van der Waals surface area contributed by atoms with Crippen LogP contribution >= 0.6 is 0 Å². The van der Waals surface area contributed by atoms with Crippen molar-refractivity contribution in [1.82, 2.24) is 5.48 Å². The van der Waals surface area contributed by atoms with Crippen molar-refractivity contribution in [1.29, 1.82) is 0 Å². The van der Waals surface area contributed by atoms with Crippen molar-refractivity contribution < 1.29 is 19.2 Å². The summed E-state index contributed by atoms with van der Waals surface area (Å²) in [6.07, 6.45) is 0.199. The maximum atomic E-state index is 10.5. The third kappa shape index (κ3) is 3.68. The van der Waals surface area contributed by atoms with Gasteiger partial charge in [-0.1, -0.05) is 6.58 Å². The Kier molecular flexibility index (Phi) is 3.36. The Morgan fingerprint density at radius 1 is 1.55 bits per heavy atom. The molecule has 0 aromatic heterocycles. The zero-order valence-electron chi connectivity index (χ0n) is 5.49. The van der Waals surface area contributed by atoms with E-state index >= 15 is 0 Å². The highest BCUT2D eigenvalue weighted by molar-refractivity contribution is 6.06. The van der Waals surface area contributed by atoms with Gasteiger partial charge in [-0.15, -0.1) is 0 Å². The number of nitrogens with two attached hydrogens (primary N) is 1. The summed E-state index contributed by atoms with van der Waals surface area (Å²) < 4.78 is 0. The molecule has 0 aromatic rings. The summed E-state index contributed by atoms with van der Waals surface area (Å²) in [5, 5.41) is 0. The molecule has 6 nitrogen and oxygen atoms in total. The summed E-state index contributed by atoms with van der Waals surface area (Å²) >= 11 is 0. The SMILES string of the molecule is C=C(C=O)C(=O)ONC(N)=O. The zero-order valence-corrected chi connectivity index (χ0v) is 5.49. The number of primary amides is 1. The van der Waals surface area contributed by atoms with Crippen LogP contribution in [0.3, 0.4) is 0 Å².